The Morgan fingerprint density at radius 3 is 2.60 bits per heavy atom. The first-order chi connectivity index (χ1) is 4.95. The zero-order valence-corrected chi connectivity index (χ0v) is 5.88. The van der Waals surface area contributed by atoms with Crippen molar-refractivity contribution in [2.75, 3.05) is 0 Å². The molecule has 2 aliphatic rings. The third-order valence-corrected chi connectivity index (χ3v) is 1.90. The van der Waals surface area contributed by atoms with E-state index in [9.17, 15) is 0 Å². The van der Waals surface area contributed by atoms with Crippen LogP contribution >= 0.6 is 0 Å². The van der Waals surface area contributed by atoms with E-state index < -0.39 is 0 Å². The van der Waals surface area contributed by atoms with Crippen molar-refractivity contribution in [3.63, 3.8) is 0 Å². The van der Waals surface area contributed by atoms with E-state index in [1.807, 2.05) is 0 Å². The van der Waals surface area contributed by atoms with Crippen molar-refractivity contribution >= 4 is 0 Å². The first-order valence-corrected chi connectivity index (χ1v) is 3.67. The summed E-state index contributed by atoms with van der Waals surface area (Å²) < 4.78 is 0. The van der Waals surface area contributed by atoms with Gasteiger partial charge < -0.3 is 0 Å². The lowest BCUT2D eigenvalue weighted by Gasteiger charge is -2.06. The lowest BCUT2D eigenvalue weighted by molar-refractivity contribution is 1.08. The average molecular weight is 130 g/mol. The fourth-order valence-corrected chi connectivity index (χ4v) is 1.24. The molecular formula is C10H10. The molecule has 2 aliphatic carbocycles. The SMILES string of the molecule is C1=CCC(CC2=CC=C2)=C1. The van der Waals surface area contributed by atoms with Crippen LogP contribution in [0.5, 0.6) is 0 Å². The molecule has 0 aliphatic heterocycles. The molecule has 0 heterocycles. The van der Waals surface area contributed by atoms with Crippen molar-refractivity contribution in [3.05, 3.63) is 47.6 Å². The Morgan fingerprint density at radius 1 is 1.20 bits per heavy atom. The average Bonchev–Trinajstić information content (AvgIpc) is 2.29. The molecular weight excluding hydrogens is 120 g/mol. The van der Waals surface area contributed by atoms with E-state index in [1.165, 1.54) is 11.1 Å². The van der Waals surface area contributed by atoms with Crippen LogP contribution in [0.1, 0.15) is 12.8 Å². The molecule has 0 radical (unpaired) electrons. The van der Waals surface area contributed by atoms with Crippen molar-refractivity contribution in [2.24, 2.45) is 0 Å². The number of rotatable bonds is 2. The Bertz CT molecular complexity index is 249. The van der Waals surface area contributed by atoms with Crippen molar-refractivity contribution in [1.82, 2.24) is 0 Å². The van der Waals surface area contributed by atoms with Gasteiger partial charge in [0.1, 0.15) is 0 Å². The molecule has 0 saturated carbocycles. The molecule has 0 nitrogen and oxygen atoms in total. The molecule has 0 aromatic carbocycles. The van der Waals surface area contributed by atoms with Crippen molar-refractivity contribution in [1.29, 1.82) is 0 Å². The molecule has 0 saturated heterocycles. The topological polar surface area (TPSA) is 0 Å². The summed E-state index contributed by atoms with van der Waals surface area (Å²) in [4.78, 5) is 0. The Morgan fingerprint density at radius 2 is 2.10 bits per heavy atom. The van der Waals surface area contributed by atoms with Crippen molar-refractivity contribution in [3.8, 4) is 0 Å². The van der Waals surface area contributed by atoms with Crippen LogP contribution in [0, 0.1) is 0 Å². The summed E-state index contributed by atoms with van der Waals surface area (Å²) >= 11 is 0. The van der Waals surface area contributed by atoms with Gasteiger partial charge in [0.25, 0.3) is 0 Å². The fraction of sp³-hybridized carbons (Fsp3) is 0.200. The second kappa shape index (κ2) is 2.30. The summed E-state index contributed by atoms with van der Waals surface area (Å²) in [5, 5.41) is 0. The fourth-order valence-electron chi connectivity index (χ4n) is 1.24. The van der Waals surface area contributed by atoms with Gasteiger partial charge in [0.05, 0.1) is 0 Å². The van der Waals surface area contributed by atoms with Crippen LogP contribution in [0.15, 0.2) is 47.6 Å². The van der Waals surface area contributed by atoms with E-state index in [0.29, 0.717) is 0 Å². The van der Waals surface area contributed by atoms with Crippen LogP contribution in [-0.4, -0.2) is 0 Å². The van der Waals surface area contributed by atoms with Gasteiger partial charge in [-0.25, -0.2) is 0 Å². The first-order valence-electron chi connectivity index (χ1n) is 3.67. The standard InChI is InChI=1S/C10H10/c1-2-5-9(4-1)8-10-6-3-7-10/h1-4,6-7H,5,8H2. The van der Waals surface area contributed by atoms with Gasteiger partial charge in [0, 0.05) is 0 Å². The molecule has 0 atom stereocenters. The molecule has 0 heteroatoms. The summed E-state index contributed by atoms with van der Waals surface area (Å²) in [7, 11) is 0. The van der Waals surface area contributed by atoms with Gasteiger partial charge in [0.2, 0.25) is 0 Å². The molecule has 0 aromatic rings. The van der Waals surface area contributed by atoms with Crippen LogP contribution in [0.4, 0.5) is 0 Å². The highest BCUT2D eigenvalue weighted by molar-refractivity contribution is 5.40. The number of hydrogen-bond donors (Lipinski definition) is 0. The van der Waals surface area contributed by atoms with Crippen LogP contribution in [-0.2, 0) is 0 Å². The lowest BCUT2D eigenvalue weighted by Crippen LogP contribution is -1.87. The van der Waals surface area contributed by atoms with E-state index in [1.54, 1.807) is 0 Å². The summed E-state index contributed by atoms with van der Waals surface area (Å²) in [5.74, 6) is 0. The highest BCUT2D eigenvalue weighted by Gasteiger charge is 2.03. The highest BCUT2D eigenvalue weighted by Crippen LogP contribution is 2.22. The summed E-state index contributed by atoms with van der Waals surface area (Å²) in [6.45, 7) is 0. The molecule has 0 bridgehead atoms. The molecule has 0 amide bonds. The number of allylic oxidation sites excluding steroid dienone is 8. The number of hydrogen-bond acceptors (Lipinski definition) is 0. The van der Waals surface area contributed by atoms with E-state index in [2.05, 4.69) is 36.5 Å². The van der Waals surface area contributed by atoms with E-state index >= 15 is 0 Å². The molecule has 0 N–H and O–H groups in total. The Kier molecular flexibility index (Phi) is 1.31. The second-order valence-electron chi connectivity index (χ2n) is 2.73. The first kappa shape index (κ1) is 5.72. The zero-order chi connectivity index (χ0) is 6.81. The minimum Gasteiger partial charge on any atom is -0.0804 e. The van der Waals surface area contributed by atoms with Gasteiger partial charge in [-0.1, -0.05) is 42.0 Å². The van der Waals surface area contributed by atoms with Gasteiger partial charge in [-0.2, -0.15) is 0 Å². The summed E-state index contributed by atoms with van der Waals surface area (Å²) in [6, 6.07) is 0. The normalized spacial score (nSPS) is 20.4. The third kappa shape index (κ3) is 0.971. The minimum atomic E-state index is 1.16. The Labute approximate surface area is 61.3 Å². The molecule has 0 unspecified atom stereocenters. The quantitative estimate of drug-likeness (QED) is 0.539. The third-order valence-electron chi connectivity index (χ3n) is 1.90. The van der Waals surface area contributed by atoms with E-state index in [4.69, 9.17) is 0 Å². The van der Waals surface area contributed by atoms with Gasteiger partial charge in [-0.3, -0.25) is 0 Å². The maximum atomic E-state index is 2.22. The molecule has 0 spiro atoms. The molecule has 2 rings (SSSR count). The maximum absolute atomic E-state index is 2.22. The van der Waals surface area contributed by atoms with Gasteiger partial charge in [-0.15, -0.1) is 0 Å². The molecule has 0 fully saturated rings. The van der Waals surface area contributed by atoms with Crippen LogP contribution in [0.2, 0.25) is 0 Å². The minimum absolute atomic E-state index is 1.16. The predicted molar refractivity (Wildman–Crippen MR) is 43.7 cm³/mol. The monoisotopic (exact) mass is 130 g/mol. The lowest BCUT2D eigenvalue weighted by atomic mass is 9.99. The van der Waals surface area contributed by atoms with Crippen LogP contribution in [0.3, 0.4) is 0 Å². The zero-order valence-electron chi connectivity index (χ0n) is 5.88. The predicted octanol–water partition coefficient (Wildman–Crippen LogP) is 2.76. The smallest absolute Gasteiger partial charge is 0.00609 e. The Hall–Kier alpha value is -1.04. The van der Waals surface area contributed by atoms with E-state index in [-0.39, 0.29) is 0 Å². The summed E-state index contributed by atoms with van der Waals surface area (Å²) in [6.07, 6.45) is 15.3. The summed E-state index contributed by atoms with van der Waals surface area (Å²) in [5.41, 5.74) is 3.01. The molecule has 10 heavy (non-hydrogen) atoms. The Balaban J connectivity index is 1.91. The largest absolute Gasteiger partial charge is 0.0804 e. The highest BCUT2D eigenvalue weighted by atomic mass is 14.1. The van der Waals surface area contributed by atoms with E-state index in [0.717, 1.165) is 12.8 Å². The van der Waals surface area contributed by atoms with Gasteiger partial charge >= 0.3 is 0 Å². The van der Waals surface area contributed by atoms with Gasteiger partial charge in [0.15, 0.2) is 0 Å². The molecule has 50 valence electrons. The van der Waals surface area contributed by atoms with Crippen molar-refractivity contribution < 1.29 is 0 Å². The second-order valence-corrected chi connectivity index (χ2v) is 2.73. The maximum Gasteiger partial charge on any atom is -0.00609 e. The van der Waals surface area contributed by atoms with Crippen LogP contribution in [0.25, 0.3) is 0 Å². The molecule has 0 aromatic heterocycles. The van der Waals surface area contributed by atoms with Crippen molar-refractivity contribution in [2.45, 2.75) is 12.8 Å². The van der Waals surface area contributed by atoms with Crippen LogP contribution < -0.4 is 0 Å². The van der Waals surface area contributed by atoms with Gasteiger partial charge in [-0.05, 0) is 18.4 Å².